The van der Waals surface area contributed by atoms with Gasteiger partial charge in [0.05, 0.1) is 6.07 Å². The van der Waals surface area contributed by atoms with Crippen LogP contribution in [0.25, 0.3) is 0 Å². The molecule has 1 N–H and O–H groups in total. The first-order chi connectivity index (χ1) is 5.20. The van der Waals surface area contributed by atoms with Crippen LogP contribution in [0.4, 0.5) is 0 Å². The van der Waals surface area contributed by atoms with Crippen molar-refractivity contribution in [2.45, 2.75) is 13.0 Å². The maximum Gasteiger partial charge on any atom is 0.245 e. The third-order valence-corrected chi connectivity index (χ3v) is 1.32. The van der Waals surface area contributed by atoms with Crippen molar-refractivity contribution in [2.24, 2.45) is 0 Å². The average Bonchev–Trinajstić information content (AvgIpc) is 2.00. The molecule has 0 heterocycles. The highest BCUT2D eigenvalue weighted by Gasteiger charge is 2.00. The average molecular weight is 170 g/mol. The quantitative estimate of drug-likeness (QED) is 0.640. The summed E-state index contributed by atoms with van der Waals surface area (Å²) in [6.45, 7) is 1.63. The molecule has 0 aliphatic carbocycles. The first-order valence-electron chi connectivity index (χ1n) is 3.10. The number of carbonyl (C=O) groups is 1. The Morgan fingerprint density at radius 1 is 1.82 bits per heavy atom. The molecule has 0 rings (SSSR count). The highest BCUT2D eigenvalue weighted by atomic mass is 32.2. The number of rotatable bonds is 3. The highest BCUT2D eigenvalue weighted by molar-refractivity contribution is 8.01. The number of thioether (sulfide) groups is 1. The fourth-order valence-corrected chi connectivity index (χ4v) is 0.683. The van der Waals surface area contributed by atoms with Crippen LogP contribution in [0.5, 0.6) is 0 Å². The van der Waals surface area contributed by atoms with Crippen LogP contribution in [0, 0.1) is 11.3 Å². The molecule has 0 aromatic rings. The minimum absolute atomic E-state index is 0.228. The van der Waals surface area contributed by atoms with Crippen molar-refractivity contribution >= 4 is 17.7 Å². The molecule has 0 aliphatic heterocycles. The summed E-state index contributed by atoms with van der Waals surface area (Å²) < 4.78 is 0. The molecule has 11 heavy (non-hydrogen) atoms. The van der Waals surface area contributed by atoms with Gasteiger partial charge in [-0.05, 0) is 18.6 Å². The zero-order valence-corrected chi connectivity index (χ0v) is 7.31. The molecule has 4 heteroatoms. The van der Waals surface area contributed by atoms with Crippen LogP contribution in [-0.2, 0) is 4.79 Å². The lowest BCUT2D eigenvalue weighted by Crippen LogP contribution is -2.29. The maximum absolute atomic E-state index is 10.8. The van der Waals surface area contributed by atoms with E-state index in [2.05, 4.69) is 5.32 Å². The van der Waals surface area contributed by atoms with Gasteiger partial charge in [-0.25, -0.2) is 0 Å². The number of hydrogen-bond acceptors (Lipinski definition) is 3. The SMILES string of the molecule is CS/C=C/C(=O)N[C@@H](C)C#N. The number of hydrogen-bond donors (Lipinski definition) is 1. The number of amides is 1. The zero-order chi connectivity index (χ0) is 8.69. The molecule has 0 radical (unpaired) electrons. The van der Waals surface area contributed by atoms with Crippen molar-refractivity contribution in [1.29, 1.82) is 5.26 Å². The molecular formula is C7H10N2OS. The van der Waals surface area contributed by atoms with Crippen LogP contribution in [0.2, 0.25) is 0 Å². The van der Waals surface area contributed by atoms with Crippen molar-refractivity contribution in [3.8, 4) is 6.07 Å². The smallest absolute Gasteiger partial charge is 0.245 e. The van der Waals surface area contributed by atoms with Gasteiger partial charge in [-0.15, -0.1) is 11.8 Å². The van der Waals surface area contributed by atoms with E-state index in [4.69, 9.17) is 5.26 Å². The summed E-state index contributed by atoms with van der Waals surface area (Å²) in [6, 6.07) is 1.48. The summed E-state index contributed by atoms with van der Waals surface area (Å²) in [7, 11) is 0. The lowest BCUT2D eigenvalue weighted by atomic mass is 10.4. The third-order valence-electron chi connectivity index (χ3n) is 0.908. The van der Waals surface area contributed by atoms with E-state index in [9.17, 15) is 4.79 Å². The van der Waals surface area contributed by atoms with Crippen LogP contribution in [0.1, 0.15) is 6.92 Å². The van der Waals surface area contributed by atoms with Crippen LogP contribution in [0.15, 0.2) is 11.5 Å². The normalized spacial score (nSPS) is 12.5. The number of nitrogens with one attached hydrogen (secondary N) is 1. The molecule has 60 valence electrons. The predicted octanol–water partition coefficient (Wildman–Crippen LogP) is 0.891. The molecule has 0 unspecified atom stereocenters. The standard InChI is InChI=1S/C7H10N2OS/c1-6(5-8)9-7(10)3-4-11-2/h3-4,6H,1-2H3,(H,9,10)/b4-3+/t6-/m0/s1. The van der Waals surface area contributed by atoms with Gasteiger partial charge in [0.15, 0.2) is 0 Å². The number of nitriles is 1. The Morgan fingerprint density at radius 3 is 2.91 bits per heavy atom. The van der Waals surface area contributed by atoms with Gasteiger partial charge in [0.2, 0.25) is 5.91 Å². The van der Waals surface area contributed by atoms with Gasteiger partial charge in [0.25, 0.3) is 0 Å². The number of carbonyl (C=O) groups excluding carboxylic acids is 1. The van der Waals surface area contributed by atoms with Gasteiger partial charge in [-0.2, -0.15) is 5.26 Å². The second-order valence-corrected chi connectivity index (χ2v) is 2.64. The fraction of sp³-hybridized carbons (Fsp3) is 0.429. The molecule has 3 nitrogen and oxygen atoms in total. The maximum atomic E-state index is 10.8. The molecule has 0 aliphatic rings. The summed E-state index contributed by atoms with van der Waals surface area (Å²) in [4.78, 5) is 10.8. The molecule has 0 spiro atoms. The van der Waals surface area contributed by atoms with E-state index in [1.807, 2.05) is 12.3 Å². The summed E-state index contributed by atoms with van der Waals surface area (Å²) >= 11 is 1.44. The Labute approximate surface area is 70.5 Å². The molecule has 0 bridgehead atoms. The van der Waals surface area contributed by atoms with Gasteiger partial charge < -0.3 is 5.32 Å². The predicted molar refractivity (Wildman–Crippen MR) is 45.9 cm³/mol. The van der Waals surface area contributed by atoms with Crippen molar-refractivity contribution in [3.63, 3.8) is 0 Å². The second-order valence-electron chi connectivity index (χ2n) is 1.90. The van der Waals surface area contributed by atoms with Crippen molar-refractivity contribution in [2.75, 3.05) is 6.26 Å². The van der Waals surface area contributed by atoms with Crippen molar-refractivity contribution < 1.29 is 4.79 Å². The molecule has 0 fully saturated rings. The van der Waals surface area contributed by atoms with Gasteiger partial charge in [0.1, 0.15) is 6.04 Å². The molecule has 0 aromatic carbocycles. The molecular weight excluding hydrogens is 160 g/mol. The van der Waals surface area contributed by atoms with Crippen molar-refractivity contribution in [3.05, 3.63) is 11.5 Å². The van der Waals surface area contributed by atoms with E-state index in [-0.39, 0.29) is 5.91 Å². The minimum atomic E-state index is -0.422. The van der Waals surface area contributed by atoms with E-state index < -0.39 is 6.04 Å². The van der Waals surface area contributed by atoms with Crippen molar-refractivity contribution in [1.82, 2.24) is 5.32 Å². The molecule has 0 aromatic heterocycles. The minimum Gasteiger partial charge on any atom is -0.337 e. The van der Waals surface area contributed by atoms with Crippen LogP contribution in [-0.4, -0.2) is 18.2 Å². The van der Waals surface area contributed by atoms with Crippen LogP contribution in [0.3, 0.4) is 0 Å². The lowest BCUT2D eigenvalue weighted by molar-refractivity contribution is -0.116. The Hall–Kier alpha value is -0.950. The Kier molecular flexibility index (Phi) is 5.30. The van der Waals surface area contributed by atoms with Gasteiger partial charge in [-0.1, -0.05) is 0 Å². The summed E-state index contributed by atoms with van der Waals surface area (Å²) in [5.74, 6) is -0.228. The van der Waals surface area contributed by atoms with Gasteiger partial charge in [-0.3, -0.25) is 4.79 Å². The van der Waals surface area contributed by atoms with E-state index >= 15 is 0 Å². The topological polar surface area (TPSA) is 52.9 Å². The lowest BCUT2D eigenvalue weighted by Gasteiger charge is -2.00. The van der Waals surface area contributed by atoms with Gasteiger partial charge >= 0.3 is 0 Å². The summed E-state index contributed by atoms with van der Waals surface area (Å²) in [5.41, 5.74) is 0. The highest BCUT2D eigenvalue weighted by Crippen LogP contribution is 1.92. The molecule has 0 saturated heterocycles. The molecule has 1 atom stereocenters. The fourth-order valence-electron chi connectivity index (χ4n) is 0.424. The Balaban J connectivity index is 3.71. The van der Waals surface area contributed by atoms with Crippen LogP contribution < -0.4 is 5.32 Å². The van der Waals surface area contributed by atoms with E-state index in [0.29, 0.717) is 0 Å². The van der Waals surface area contributed by atoms with Gasteiger partial charge in [0, 0.05) is 6.08 Å². The number of nitrogens with zero attached hydrogens (tertiary/aromatic N) is 1. The summed E-state index contributed by atoms with van der Waals surface area (Å²) in [6.07, 6.45) is 3.26. The third kappa shape index (κ3) is 5.49. The summed E-state index contributed by atoms with van der Waals surface area (Å²) in [5, 5.41) is 12.4. The monoisotopic (exact) mass is 170 g/mol. The Morgan fingerprint density at radius 2 is 2.45 bits per heavy atom. The van der Waals surface area contributed by atoms with E-state index in [1.165, 1.54) is 17.8 Å². The van der Waals surface area contributed by atoms with E-state index in [1.54, 1.807) is 12.3 Å². The second kappa shape index (κ2) is 5.81. The first kappa shape index (κ1) is 10.0. The Bertz CT molecular complexity index is 195. The van der Waals surface area contributed by atoms with Crippen LogP contribution >= 0.6 is 11.8 Å². The molecule has 1 amide bonds. The van der Waals surface area contributed by atoms with E-state index in [0.717, 1.165) is 0 Å². The molecule has 0 saturated carbocycles. The zero-order valence-electron chi connectivity index (χ0n) is 6.50. The first-order valence-corrected chi connectivity index (χ1v) is 4.39. The largest absolute Gasteiger partial charge is 0.337 e.